The molecule has 4 atom stereocenters. The summed E-state index contributed by atoms with van der Waals surface area (Å²) >= 11 is 0. The van der Waals surface area contributed by atoms with Crippen LogP contribution in [0.5, 0.6) is 0 Å². The van der Waals surface area contributed by atoms with Crippen molar-refractivity contribution in [1.82, 2.24) is 4.90 Å². The van der Waals surface area contributed by atoms with Gasteiger partial charge in [0.05, 0.1) is 12.2 Å². The lowest BCUT2D eigenvalue weighted by molar-refractivity contribution is -0.133. The summed E-state index contributed by atoms with van der Waals surface area (Å²) in [5.74, 6) is 0. The van der Waals surface area contributed by atoms with Gasteiger partial charge in [0, 0.05) is 12.6 Å². The Bertz CT molecular complexity index is 177. The number of aliphatic hydroxyl groups excluding tert-OH is 3. The third-order valence-electron chi connectivity index (χ3n) is 3.03. The predicted octanol–water partition coefficient (Wildman–Crippen LogP) is -0.427. The first kappa shape index (κ1) is 11.9. The van der Waals surface area contributed by atoms with Crippen LogP contribution in [-0.2, 0) is 0 Å². The van der Waals surface area contributed by atoms with Gasteiger partial charge in [0.15, 0.2) is 0 Å². The second-order valence-corrected chi connectivity index (χ2v) is 4.14. The van der Waals surface area contributed by atoms with E-state index >= 15 is 0 Å². The highest BCUT2D eigenvalue weighted by molar-refractivity contribution is 4.91. The molecule has 4 heteroatoms. The molecule has 14 heavy (non-hydrogen) atoms. The van der Waals surface area contributed by atoms with E-state index in [-0.39, 0.29) is 6.04 Å². The Morgan fingerprint density at radius 1 is 1.21 bits per heavy atom. The van der Waals surface area contributed by atoms with Crippen molar-refractivity contribution in [3.63, 3.8) is 0 Å². The Morgan fingerprint density at radius 2 is 1.86 bits per heavy atom. The molecule has 0 saturated carbocycles. The molecule has 0 aromatic carbocycles. The Hall–Kier alpha value is -0.160. The van der Waals surface area contributed by atoms with E-state index < -0.39 is 18.3 Å². The van der Waals surface area contributed by atoms with Gasteiger partial charge in [0.1, 0.15) is 6.10 Å². The average Bonchev–Trinajstić information content (AvgIpc) is 2.18. The van der Waals surface area contributed by atoms with Crippen LogP contribution in [-0.4, -0.2) is 57.7 Å². The van der Waals surface area contributed by atoms with E-state index in [2.05, 4.69) is 6.92 Å². The second-order valence-electron chi connectivity index (χ2n) is 4.14. The van der Waals surface area contributed by atoms with E-state index in [0.29, 0.717) is 6.54 Å². The maximum absolute atomic E-state index is 9.63. The molecule has 1 aliphatic heterocycles. The van der Waals surface area contributed by atoms with Gasteiger partial charge in [0.2, 0.25) is 0 Å². The molecule has 1 saturated heterocycles. The maximum Gasteiger partial charge on any atom is 0.108 e. The fraction of sp³-hybridized carbons (Fsp3) is 1.00. The van der Waals surface area contributed by atoms with Crippen molar-refractivity contribution in [2.75, 3.05) is 13.1 Å². The molecule has 0 amide bonds. The Kier molecular flexibility index (Phi) is 4.31. The van der Waals surface area contributed by atoms with E-state index in [4.69, 9.17) is 0 Å². The predicted molar refractivity (Wildman–Crippen MR) is 54.0 cm³/mol. The zero-order chi connectivity index (χ0) is 10.7. The molecule has 0 bridgehead atoms. The number of piperidine rings is 1. The zero-order valence-electron chi connectivity index (χ0n) is 8.93. The Morgan fingerprint density at radius 3 is 2.43 bits per heavy atom. The summed E-state index contributed by atoms with van der Waals surface area (Å²) in [4.78, 5) is 2.03. The standard InChI is InChI=1S/C10H21NO3/c1-3-4-5-11-6-8(12)10(14)9(13)7(11)2/h7-10,12-14H,3-6H2,1-2H3/t7-,8-,9-,10-/m1/s1. The van der Waals surface area contributed by atoms with Gasteiger partial charge in [-0.3, -0.25) is 4.90 Å². The molecule has 4 nitrogen and oxygen atoms in total. The molecular weight excluding hydrogens is 182 g/mol. The van der Waals surface area contributed by atoms with Gasteiger partial charge in [-0.15, -0.1) is 0 Å². The number of unbranched alkanes of at least 4 members (excludes halogenated alkanes) is 1. The number of hydrogen-bond donors (Lipinski definition) is 3. The first-order chi connectivity index (χ1) is 6.57. The van der Waals surface area contributed by atoms with Crippen molar-refractivity contribution in [3.05, 3.63) is 0 Å². The van der Waals surface area contributed by atoms with Crippen LogP contribution in [0.2, 0.25) is 0 Å². The average molecular weight is 203 g/mol. The molecule has 1 heterocycles. The summed E-state index contributed by atoms with van der Waals surface area (Å²) in [5, 5.41) is 28.6. The van der Waals surface area contributed by atoms with Crippen molar-refractivity contribution in [2.24, 2.45) is 0 Å². The molecule has 1 aliphatic rings. The maximum atomic E-state index is 9.63. The van der Waals surface area contributed by atoms with E-state index in [1.807, 2.05) is 11.8 Å². The molecule has 3 N–H and O–H groups in total. The molecule has 0 aliphatic carbocycles. The number of rotatable bonds is 3. The summed E-state index contributed by atoms with van der Waals surface area (Å²) in [6.07, 6.45) is -0.505. The molecule has 1 rings (SSSR count). The van der Waals surface area contributed by atoms with Gasteiger partial charge in [-0.05, 0) is 19.9 Å². The molecule has 84 valence electrons. The van der Waals surface area contributed by atoms with Crippen molar-refractivity contribution in [3.8, 4) is 0 Å². The van der Waals surface area contributed by atoms with Gasteiger partial charge in [0.25, 0.3) is 0 Å². The SMILES string of the molecule is CCCCN1C[C@@H](O)[C@@H](O)[C@H](O)[C@H]1C. The molecule has 0 aromatic heterocycles. The fourth-order valence-electron chi connectivity index (χ4n) is 1.90. The largest absolute Gasteiger partial charge is 0.389 e. The highest BCUT2D eigenvalue weighted by Gasteiger charge is 2.38. The normalized spacial score (nSPS) is 40.1. The summed E-state index contributed by atoms with van der Waals surface area (Å²) in [7, 11) is 0. The minimum Gasteiger partial charge on any atom is -0.389 e. The van der Waals surface area contributed by atoms with Crippen LogP contribution in [0.1, 0.15) is 26.7 Å². The van der Waals surface area contributed by atoms with Crippen molar-refractivity contribution in [1.29, 1.82) is 0 Å². The lowest BCUT2D eigenvalue weighted by Crippen LogP contribution is -2.60. The van der Waals surface area contributed by atoms with E-state index in [9.17, 15) is 15.3 Å². The van der Waals surface area contributed by atoms with Gasteiger partial charge in [-0.1, -0.05) is 13.3 Å². The number of hydrogen-bond acceptors (Lipinski definition) is 4. The summed E-state index contributed by atoms with van der Waals surface area (Å²) in [6.45, 7) is 5.32. The molecule has 1 fully saturated rings. The minimum atomic E-state index is -0.997. The first-order valence-corrected chi connectivity index (χ1v) is 5.36. The lowest BCUT2D eigenvalue weighted by atomic mass is 9.95. The van der Waals surface area contributed by atoms with E-state index in [1.54, 1.807) is 0 Å². The fourth-order valence-corrected chi connectivity index (χ4v) is 1.90. The van der Waals surface area contributed by atoms with Crippen molar-refractivity contribution in [2.45, 2.75) is 51.0 Å². The zero-order valence-corrected chi connectivity index (χ0v) is 8.93. The minimum absolute atomic E-state index is 0.0695. The summed E-state index contributed by atoms with van der Waals surface area (Å²) < 4.78 is 0. The summed E-state index contributed by atoms with van der Waals surface area (Å²) in [5.41, 5.74) is 0. The van der Waals surface area contributed by atoms with Crippen LogP contribution in [0.25, 0.3) is 0 Å². The number of β-amino-alcohol motifs (C(OH)–C–C–N with tert-alkyl or cyclic N) is 1. The lowest BCUT2D eigenvalue weighted by Gasteiger charge is -2.42. The van der Waals surface area contributed by atoms with Gasteiger partial charge >= 0.3 is 0 Å². The number of nitrogens with zero attached hydrogens (tertiary/aromatic N) is 1. The van der Waals surface area contributed by atoms with Crippen molar-refractivity contribution >= 4 is 0 Å². The van der Waals surface area contributed by atoms with Crippen LogP contribution in [0.3, 0.4) is 0 Å². The molecule has 0 unspecified atom stereocenters. The van der Waals surface area contributed by atoms with E-state index in [0.717, 1.165) is 19.4 Å². The highest BCUT2D eigenvalue weighted by atomic mass is 16.4. The Labute approximate surface area is 85.2 Å². The van der Waals surface area contributed by atoms with Gasteiger partial charge < -0.3 is 15.3 Å². The Balaban J connectivity index is 2.52. The second kappa shape index (κ2) is 5.07. The van der Waals surface area contributed by atoms with Gasteiger partial charge in [-0.25, -0.2) is 0 Å². The smallest absolute Gasteiger partial charge is 0.108 e. The van der Waals surface area contributed by atoms with Crippen molar-refractivity contribution < 1.29 is 15.3 Å². The topological polar surface area (TPSA) is 63.9 Å². The third-order valence-corrected chi connectivity index (χ3v) is 3.03. The van der Waals surface area contributed by atoms with Crippen LogP contribution < -0.4 is 0 Å². The van der Waals surface area contributed by atoms with Gasteiger partial charge in [-0.2, -0.15) is 0 Å². The monoisotopic (exact) mass is 203 g/mol. The van der Waals surface area contributed by atoms with Crippen LogP contribution in [0, 0.1) is 0 Å². The summed E-state index contributed by atoms with van der Waals surface area (Å²) in [6, 6.07) is -0.0695. The highest BCUT2D eigenvalue weighted by Crippen LogP contribution is 2.18. The molecule has 0 spiro atoms. The molecule has 0 radical (unpaired) electrons. The molecular formula is C10H21NO3. The van der Waals surface area contributed by atoms with Crippen LogP contribution in [0.4, 0.5) is 0 Å². The number of aliphatic hydroxyl groups is 3. The van der Waals surface area contributed by atoms with Crippen LogP contribution in [0.15, 0.2) is 0 Å². The molecule has 0 aromatic rings. The van der Waals surface area contributed by atoms with Crippen LogP contribution >= 0.6 is 0 Å². The van der Waals surface area contributed by atoms with E-state index in [1.165, 1.54) is 0 Å². The third kappa shape index (κ3) is 2.45. The number of likely N-dealkylation sites (tertiary alicyclic amines) is 1. The quantitative estimate of drug-likeness (QED) is 0.582. The first-order valence-electron chi connectivity index (χ1n) is 5.36.